The van der Waals surface area contributed by atoms with Crippen molar-refractivity contribution in [1.29, 1.82) is 0 Å². The van der Waals surface area contributed by atoms with Gasteiger partial charge in [-0.1, -0.05) is 25.1 Å². The van der Waals surface area contributed by atoms with E-state index < -0.39 is 0 Å². The van der Waals surface area contributed by atoms with Gasteiger partial charge in [-0.05, 0) is 32.4 Å². The minimum absolute atomic E-state index is 0.594. The quantitative estimate of drug-likeness (QED) is 0.787. The molecule has 0 atom stereocenters. The molecule has 0 spiro atoms. The van der Waals surface area contributed by atoms with Crippen LogP contribution in [0.4, 0.5) is 0 Å². The average molecular weight is 290 g/mol. The van der Waals surface area contributed by atoms with Crippen LogP contribution >= 0.6 is 11.3 Å². The number of ether oxygens (including phenoxy) is 1. The van der Waals surface area contributed by atoms with Crippen molar-refractivity contribution in [3.63, 3.8) is 0 Å². The lowest BCUT2D eigenvalue weighted by atomic mass is 10.1. The molecule has 108 valence electrons. The van der Waals surface area contributed by atoms with Crippen molar-refractivity contribution in [3.8, 4) is 5.75 Å². The first-order valence-electron chi connectivity index (χ1n) is 7.04. The third kappa shape index (κ3) is 4.05. The molecule has 0 saturated carbocycles. The van der Waals surface area contributed by atoms with Crippen LogP contribution in [-0.4, -0.2) is 11.5 Å². The summed E-state index contributed by atoms with van der Waals surface area (Å²) in [4.78, 5) is 5.43. The Morgan fingerprint density at radius 1 is 1.30 bits per heavy atom. The van der Waals surface area contributed by atoms with Crippen molar-refractivity contribution in [2.45, 2.75) is 40.3 Å². The summed E-state index contributed by atoms with van der Waals surface area (Å²) in [6, 6.07) is 6.31. The van der Waals surface area contributed by atoms with E-state index in [0.717, 1.165) is 30.3 Å². The predicted molar refractivity (Wildman–Crippen MR) is 84.4 cm³/mol. The predicted octanol–water partition coefficient (Wildman–Crippen LogP) is 3.84. The molecule has 2 aromatic rings. The second kappa shape index (κ2) is 7.41. The SMILES string of the molecule is CCCNCc1cccc(C)c1OCc1cnc(C)s1. The number of thiazole rings is 1. The second-order valence-electron chi connectivity index (χ2n) is 4.87. The number of aryl methyl sites for hydroxylation is 2. The van der Waals surface area contributed by atoms with Gasteiger partial charge in [0.25, 0.3) is 0 Å². The molecule has 0 bridgehead atoms. The summed E-state index contributed by atoms with van der Waals surface area (Å²) >= 11 is 1.69. The molecule has 2 rings (SSSR count). The smallest absolute Gasteiger partial charge is 0.127 e. The monoisotopic (exact) mass is 290 g/mol. The highest BCUT2D eigenvalue weighted by molar-refractivity contribution is 7.11. The number of aromatic nitrogens is 1. The third-order valence-corrected chi connectivity index (χ3v) is 3.95. The molecule has 1 aromatic carbocycles. The lowest BCUT2D eigenvalue weighted by molar-refractivity contribution is 0.303. The largest absolute Gasteiger partial charge is 0.487 e. The molecule has 20 heavy (non-hydrogen) atoms. The minimum Gasteiger partial charge on any atom is -0.487 e. The van der Waals surface area contributed by atoms with E-state index in [1.165, 1.54) is 16.0 Å². The molecular weight excluding hydrogens is 268 g/mol. The fourth-order valence-corrected chi connectivity index (χ4v) is 2.78. The van der Waals surface area contributed by atoms with E-state index in [4.69, 9.17) is 4.74 Å². The molecule has 0 saturated heterocycles. The lowest BCUT2D eigenvalue weighted by Gasteiger charge is -2.14. The van der Waals surface area contributed by atoms with Gasteiger partial charge in [0.05, 0.1) is 9.88 Å². The van der Waals surface area contributed by atoms with E-state index in [1.54, 1.807) is 11.3 Å². The zero-order valence-electron chi connectivity index (χ0n) is 12.4. The van der Waals surface area contributed by atoms with Gasteiger partial charge in [0, 0.05) is 18.3 Å². The van der Waals surface area contributed by atoms with Crippen LogP contribution in [0.25, 0.3) is 0 Å². The van der Waals surface area contributed by atoms with Crippen molar-refractivity contribution >= 4 is 11.3 Å². The standard InChI is InChI=1S/C16H22N2OS/c1-4-8-17-9-14-7-5-6-12(2)16(14)19-11-15-10-18-13(3)20-15/h5-7,10,17H,4,8-9,11H2,1-3H3. The first-order chi connectivity index (χ1) is 9.70. The van der Waals surface area contributed by atoms with Crippen LogP contribution in [-0.2, 0) is 13.2 Å². The molecule has 0 aliphatic carbocycles. The topological polar surface area (TPSA) is 34.1 Å². The van der Waals surface area contributed by atoms with Gasteiger partial charge in [0.1, 0.15) is 12.4 Å². The number of hydrogen-bond acceptors (Lipinski definition) is 4. The van der Waals surface area contributed by atoms with E-state index in [1.807, 2.05) is 13.1 Å². The van der Waals surface area contributed by atoms with Gasteiger partial charge in [0.2, 0.25) is 0 Å². The highest BCUT2D eigenvalue weighted by atomic mass is 32.1. The summed E-state index contributed by atoms with van der Waals surface area (Å²) in [5.74, 6) is 1.00. The maximum absolute atomic E-state index is 6.03. The Morgan fingerprint density at radius 2 is 2.15 bits per heavy atom. The van der Waals surface area contributed by atoms with E-state index in [-0.39, 0.29) is 0 Å². The average Bonchev–Trinajstić information content (AvgIpc) is 2.84. The van der Waals surface area contributed by atoms with Gasteiger partial charge in [-0.25, -0.2) is 4.98 Å². The molecule has 1 aromatic heterocycles. The Balaban J connectivity index is 2.04. The van der Waals surface area contributed by atoms with Gasteiger partial charge < -0.3 is 10.1 Å². The maximum atomic E-state index is 6.03. The molecule has 3 nitrogen and oxygen atoms in total. The summed E-state index contributed by atoms with van der Waals surface area (Å²) in [7, 11) is 0. The number of hydrogen-bond donors (Lipinski definition) is 1. The van der Waals surface area contributed by atoms with Crippen molar-refractivity contribution in [3.05, 3.63) is 45.4 Å². The van der Waals surface area contributed by atoms with Gasteiger partial charge in [-0.15, -0.1) is 11.3 Å². The van der Waals surface area contributed by atoms with Gasteiger partial charge in [0.15, 0.2) is 0 Å². The number of rotatable bonds is 7. The molecule has 0 aliphatic heterocycles. The molecule has 0 fully saturated rings. The summed E-state index contributed by atoms with van der Waals surface area (Å²) in [5.41, 5.74) is 2.40. The molecule has 1 N–H and O–H groups in total. The summed E-state index contributed by atoms with van der Waals surface area (Å²) < 4.78 is 6.03. The Hall–Kier alpha value is -1.39. The Morgan fingerprint density at radius 3 is 2.85 bits per heavy atom. The molecule has 0 amide bonds. The number of nitrogens with zero attached hydrogens (tertiary/aromatic N) is 1. The zero-order valence-corrected chi connectivity index (χ0v) is 13.2. The van der Waals surface area contributed by atoms with Crippen molar-refractivity contribution in [1.82, 2.24) is 10.3 Å². The highest BCUT2D eigenvalue weighted by Gasteiger charge is 2.08. The normalized spacial score (nSPS) is 10.8. The van der Waals surface area contributed by atoms with Gasteiger partial charge >= 0.3 is 0 Å². The number of nitrogens with one attached hydrogen (secondary N) is 1. The minimum atomic E-state index is 0.594. The molecule has 1 heterocycles. The van der Waals surface area contributed by atoms with Crippen LogP contribution in [0.3, 0.4) is 0 Å². The first kappa shape index (κ1) is 15.0. The van der Waals surface area contributed by atoms with Crippen LogP contribution in [0, 0.1) is 13.8 Å². The van der Waals surface area contributed by atoms with Crippen LogP contribution in [0.5, 0.6) is 5.75 Å². The molecule has 0 radical (unpaired) electrons. The molecular formula is C16H22N2OS. The molecule has 4 heteroatoms. The molecule has 0 aliphatic rings. The van der Waals surface area contributed by atoms with E-state index >= 15 is 0 Å². The summed E-state index contributed by atoms with van der Waals surface area (Å²) in [5, 5.41) is 4.51. The van der Waals surface area contributed by atoms with Crippen molar-refractivity contribution in [2.75, 3.05) is 6.54 Å². The third-order valence-electron chi connectivity index (χ3n) is 3.06. The summed E-state index contributed by atoms with van der Waals surface area (Å²) in [6.07, 6.45) is 3.04. The Labute approximate surface area is 125 Å². The molecule has 0 unspecified atom stereocenters. The Bertz CT molecular complexity index is 551. The fourth-order valence-electron chi connectivity index (χ4n) is 2.07. The van der Waals surface area contributed by atoms with Crippen molar-refractivity contribution < 1.29 is 4.74 Å². The first-order valence-corrected chi connectivity index (χ1v) is 7.85. The van der Waals surface area contributed by atoms with Gasteiger partial charge in [-0.3, -0.25) is 0 Å². The van der Waals surface area contributed by atoms with Gasteiger partial charge in [-0.2, -0.15) is 0 Å². The zero-order chi connectivity index (χ0) is 14.4. The number of benzene rings is 1. The van der Waals surface area contributed by atoms with Crippen LogP contribution < -0.4 is 10.1 Å². The second-order valence-corrected chi connectivity index (χ2v) is 6.19. The Kier molecular flexibility index (Phi) is 5.56. The fraction of sp³-hybridized carbons (Fsp3) is 0.438. The van der Waals surface area contributed by atoms with E-state index in [0.29, 0.717) is 6.61 Å². The lowest BCUT2D eigenvalue weighted by Crippen LogP contribution is -2.15. The highest BCUT2D eigenvalue weighted by Crippen LogP contribution is 2.25. The van der Waals surface area contributed by atoms with Crippen LogP contribution in [0.2, 0.25) is 0 Å². The van der Waals surface area contributed by atoms with E-state index in [2.05, 4.69) is 42.3 Å². The van der Waals surface area contributed by atoms with Crippen molar-refractivity contribution in [2.24, 2.45) is 0 Å². The number of para-hydroxylation sites is 1. The maximum Gasteiger partial charge on any atom is 0.127 e. The van der Waals surface area contributed by atoms with Crippen LogP contribution in [0.1, 0.15) is 34.4 Å². The summed E-state index contributed by atoms with van der Waals surface area (Å²) in [6.45, 7) is 8.76. The van der Waals surface area contributed by atoms with Crippen LogP contribution in [0.15, 0.2) is 24.4 Å². The van der Waals surface area contributed by atoms with E-state index in [9.17, 15) is 0 Å².